The van der Waals surface area contributed by atoms with E-state index in [-0.39, 0.29) is 5.91 Å². The molecule has 7 nitrogen and oxygen atoms in total. The molecule has 1 atom stereocenters. The molecule has 2 aromatic heterocycles. The fourth-order valence-electron chi connectivity index (χ4n) is 3.56. The summed E-state index contributed by atoms with van der Waals surface area (Å²) in [5, 5.41) is 0. The molecule has 1 amide bonds. The van der Waals surface area contributed by atoms with Crippen molar-refractivity contribution >= 4 is 11.7 Å². The van der Waals surface area contributed by atoms with Crippen LogP contribution < -0.4 is 5.73 Å². The predicted molar refractivity (Wildman–Crippen MR) is 102 cm³/mol. The van der Waals surface area contributed by atoms with E-state index in [2.05, 4.69) is 21.9 Å². The van der Waals surface area contributed by atoms with Crippen LogP contribution in [0.25, 0.3) is 0 Å². The minimum Gasteiger partial charge on any atom is -0.384 e. The molecule has 3 heterocycles. The summed E-state index contributed by atoms with van der Waals surface area (Å²) in [5.41, 5.74) is 7.61. The molecule has 0 aromatic carbocycles. The minimum atomic E-state index is 0.128. The number of aryl methyl sites for hydroxylation is 1. The van der Waals surface area contributed by atoms with Gasteiger partial charge in [0.15, 0.2) is 0 Å². The molecule has 0 bridgehead atoms. The molecule has 3 rings (SSSR count). The first-order valence-corrected chi connectivity index (χ1v) is 9.15. The Morgan fingerprint density at radius 1 is 1.31 bits per heavy atom. The van der Waals surface area contributed by atoms with Gasteiger partial charge in [0.1, 0.15) is 17.3 Å². The fraction of sp³-hybridized carbons (Fsp3) is 0.526. The molecule has 7 heteroatoms. The molecule has 1 aliphatic rings. The van der Waals surface area contributed by atoms with E-state index < -0.39 is 0 Å². The normalized spacial score (nSPS) is 18.2. The Balaban J connectivity index is 1.61. The summed E-state index contributed by atoms with van der Waals surface area (Å²) < 4.78 is 1.97. The molecule has 26 heavy (non-hydrogen) atoms. The van der Waals surface area contributed by atoms with E-state index in [1.807, 2.05) is 35.6 Å². The molecule has 0 aliphatic carbocycles. The molecule has 0 saturated carbocycles. The second-order valence-corrected chi connectivity index (χ2v) is 7.11. The zero-order valence-corrected chi connectivity index (χ0v) is 15.9. The second kappa shape index (κ2) is 7.86. The Kier molecular flexibility index (Phi) is 5.56. The molecule has 140 valence electrons. The van der Waals surface area contributed by atoms with Gasteiger partial charge in [-0.05, 0) is 51.4 Å². The predicted octanol–water partition coefficient (Wildman–Crippen LogP) is 1.83. The third-order valence-corrected chi connectivity index (χ3v) is 5.32. The first-order valence-electron chi connectivity index (χ1n) is 9.15. The van der Waals surface area contributed by atoms with Crippen LogP contribution in [0.4, 0.5) is 5.82 Å². The van der Waals surface area contributed by atoms with Crippen LogP contribution in [0.15, 0.2) is 24.4 Å². The lowest BCUT2D eigenvalue weighted by molar-refractivity contribution is 0.0747. The molecule has 2 N–H and O–H groups in total. The summed E-state index contributed by atoms with van der Waals surface area (Å²) in [7, 11) is 4.04. The molecule has 1 fully saturated rings. The van der Waals surface area contributed by atoms with E-state index in [1.54, 1.807) is 12.3 Å². The van der Waals surface area contributed by atoms with E-state index >= 15 is 0 Å². The first kappa shape index (κ1) is 18.4. The number of nitrogen functional groups attached to an aromatic ring is 1. The lowest BCUT2D eigenvalue weighted by Crippen LogP contribution is -2.35. The molecule has 2 aromatic rings. The van der Waals surface area contributed by atoms with Crippen LogP contribution in [0.3, 0.4) is 0 Å². The van der Waals surface area contributed by atoms with Crippen LogP contribution in [0.2, 0.25) is 0 Å². The minimum absolute atomic E-state index is 0.128. The van der Waals surface area contributed by atoms with E-state index in [4.69, 9.17) is 5.73 Å². The summed E-state index contributed by atoms with van der Waals surface area (Å²) in [6.45, 7) is 4.27. The van der Waals surface area contributed by atoms with E-state index in [9.17, 15) is 4.79 Å². The number of carbonyl (C=O) groups excluding carboxylic acids is 1. The van der Waals surface area contributed by atoms with Gasteiger partial charge in [-0.2, -0.15) is 0 Å². The van der Waals surface area contributed by atoms with Gasteiger partial charge in [0.25, 0.3) is 5.91 Å². The fourth-order valence-corrected chi connectivity index (χ4v) is 3.56. The topological polar surface area (TPSA) is 80.3 Å². The van der Waals surface area contributed by atoms with Crippen LogP contribution in [-0.4, -0.2) is 56.4 Å². The molecule has 1 saturated heterocycles. The number of rotatable bonds is 4. The number of amides is 1. The summed E-state index contributed by atoms with van der Waals surface area (Å²) >= 11 is 0. The van der Waals surface area contributed by atoms with Crippen LogP contribution in [0.1, 0.15) is 41.3 Å². The molecule has 0 spiro atoms. The highest BCUT2D eigenvalue weighted by Crippen LogP contribution is 2.19. The number of carbonyl (C=O) groups is 1. The monoisotopic (exact) mass is 356 g/mol. The first-order chi connectivity index (χ1) is 12.5. The number of hydrogen-bond donors (Lipinski definition) is 1. The average Bonchev–Trinajstić information content (AvgIpc) is 2.82. The quantitative estimate of drug-likeness (QED) is 0.904. The zero-order chi connectivity index (χ0) is 18.7. The van der Waals surface area contributed by atoms with Crippen molar-refractivity contribution in [3.05, 3.63) is 41.6 Å². The van der Waals surface area contributed by atoms with Gasteiger partial charge < -0.3 is 15.2 Å². The summed E-state index contributed by atoms with van der Waals surface area (Å²) in [4.78, 5) is 25.7. The van der Waals surface area contributed by atoms with Crippen molar-refractivity contribution in [3.63, 3.8) is 0 Å². The number of nitrogens with two attached hydrogens (primary N) is 1. The Morgan fingerprint density at radius 3 is 2.81 bits per heavy atom. The van der Waals surface area contributed by atoms with Crippen molar-refractivity contribution in [3.8, 4) is 0 Å². The Hall–Kier alpha value is -2.41. The molecular weight excluding hydrogens is 328 g/mol. The van der Waals surface area contributed by atoms with Crippen molar-refractivity contribution in [2.24, 2.45) is 7.05 Å². The maximum absolute atomic E-state index is 12.8. The van der Waals surface area contributed by atoms with Crippen molar-refractivity contribution in [1.82, 2.24) is 24.3 Å². The smallest absolute Gasteiger partial charge is 0.270 e. The van der Waals surface area contributed by atoms with E-state index in [1.165, 1.54) is 0 Å². The van der Waals surface area contributed by atoms with E-state index in [0.717, 1.165) is 49.6 Å². The maximum atomic E-state index is 12.8. The Morgan fingerprint density at radius 2 is 2.12 bits per heavy atom. The van der Waals surface area contributed by atoms with Gasteiger partial charge in [0.2, 0.25) is 0 Å². The van der Waals surface area contributed by atoms with Gasteiger partial charge >= 0.3 is 0 Å². The highest BCUT2D eigenvalue weighted by atomic mass is 16.2. The summed E-state index contributed by atoms with van der Waals surface area (Å²) in [6.07, 6.45) is 4.71. The zero-order valence-electron chi connectivity index (χ0n) is 15.9. The van der Waals surface area contributed by atoms with Gasteiger partial charge in [-0.15, -0.1) is 0 Å². The largest absolute Gasteiger partial charge is 0.384 e. The third kappa shape index (κ3) is 4.04. The third-order valence-electron chi connectivity index (χ3n) is 5.32. The molecular formula is C19H28N6O. The van der Waals surface area contributed by atoms with Crippen LogP contribution >= 0.6 is 0 Å². The van der Waals surface area contributed by atoms with Crippen molar-refractivity contribution < 1.29 is 4.79 Å². The van der Waals surface area contributed by atoms with Gasteiger partial charge in [-0.3, -0.25) is 9.69 Å². The number of hydrogen-bond acceptors (Lipinski definition) is 5. The molecule has 1 aliphatic heterocycles. The van der Waals surface area contributed by atoms with Crippen LogP contribution in [0.5, 0.6) is 0 Å². The van der Waals surface area contributed by atoms with Crippen molar-refractivity contribution in [2.45, 2.75) is 38.8 Å². The standard InChI is InChI=1S/C19H28N6O/c1-14-6-7-16(24(14)3)19(26)25-11-4-5-15(9-12-25)23(2)13-18-21-10-8-17(20)22-18/h6-8,10,15H,4-5,9,11-13H2,1-3H3,(H2,20,21,22). The maximum Gasteiger partial charge on any atom is 0.270 e. The number of anilines is 1. The number of nitrogens with zero attached hydrogens (tertiary/aromatic N) is 5. The Bertz CT molecular complexity index is 771. The highest BCUT2D eigenvalue weighted by molar-refractivity contribution is 5.93. The van der Waals surface area contributed by atoms with E-state index in [0.29, 0.717) is 18.4 Å². The van der Waals surface area contributed by atoms with Crippen molar-refractivity contribution in [1.29, 1.82) is 0 Å². The second-order valence-electron chi connectivity index (χ2n) is 7.11. The van der Waals surface area contributed by atoms with Crippen molar-refractivity contribution in [2.75, 3.05) is 25.9 Å². The summed E-state index contributed by atoms with van der Waals surface area (Å²) in [5.74, 6) is 1.37. The number of aromatic nitrogens is 3. The lowest BCUT2D eigenvalue weighted by Gasteiger charge is -2.26. The van der Waals surface area contributed by atoms with Gasteiger partial charge in [0.05, 0.1) is 6.54 Å². The SMILES string of the molecule is Cc1ccc(C(=O)N2CCCC(N(C)Cc3nccc(N)n3)CC2)n1C. The molecule has 0 radical (unpaired) electrons. The van der Waals surface area contributed by atoms with Gasteiger partial charge in [-0.25, -0.2) is 9.97 Å². The summed E-state index contributed by atoms with van der Waals surface area (Å²) in [6, 6.07) is 6.02. The van der Waals surface area contributed by atoms with Crippen LogP contribution in [0, 0.1) is 6.92 Å². The number of likely N-dealkylation sites (tertiary alicyclic amines) is 1. The van der Waals surface area contributed by atoms with Crippen LogP contribution in [-0.2, 0) is 13.6 Å². The lowest BCUT2D eigenvalue weighted by atomic mass is 10.1. The highest BCUT2D eigenvalue weighted by Gasteiger charge is 2.25. The van der Waals surface area contributed by atoms with Gasteiger partial charge in [-0.1, -0.05) is 0 Å². The Labute approximate surface area is 154 Å². The molecule has 1 unspecified atom stereocenters. The average molecular weight is 356 g/mol. The van der Waals surface area contributed by atoms with Gasteiger partial charge in [0, 0.05) is 38.1 Å².